The van der Waals surface area contributed by atoms with Gasteiger partial charge in [0.15, 0.2) is 5.54 Å². The molecular formula is C26H29N3O5S. The van der Waals surface area contributed by atoms with Gasteiger partial charge in [-0.25, -0.2) is 13.2 Å². The van der Waals surface area contributed by atoms with Crippen LogP contribution in [0.1, 0.15) is 12.5 Å². The smallest absolute Gasteiger partial charge is 0.329 e. The summed E-state index contributed by atoms with van der Waals surface area (Å²) in [5.41, 5.74) is 0.610. The summed E-state index contributed by atoms with van der Waals surface area (Å²) in [6.45, 7) is 4.60. The van der Waals surface area contributed by atoms with Gasteiger partial charge in [-0.1, -0.05) is 30.3 Å². The van der Waals surface area contributed by atoms with Crippen molar-refractivity contribution >= 4 is 27.4 Å². The van der Waals surface area contributed by atoms with Crippen molar-refractivity contribution in [1.29, 1.82) is 0 Å². The van der Waals surface area contributed by atoms with Gasteiger partial charge in [-0.3, -0.25) is 0 Å². The largest absolute Gasteiger partial charge is 0.497 e. The number of anilines is 2. The minimum atomic E-state index is -4.08. The zero-order chi connectivity index (χ0) is 25.1. The van der Waals surface area contributed by atoms with E-state index in [4.69, 9.17) is 4.74 Å². The first kappa shape index (κ1) is 24.6. The van der Waals surface area contributed by atoms with Crippen molar-refractivity contribution in [1.82, 2.24) is 4.72 Å². The lowest BCUT2D eigenvalue weighted by Gasteiger charge is -2.37. The SMILES string of the molecule is COc1ccc(N2CCN(c3ccc(S(=O)(=O)NC(C)(C(=O)O)c4ccccc4)cc3)CC2)cc1. The summed E-state index contributed by atoms with van der Waals surface area (Å²) >= 11 is 0. The summed E-state index contributed by atoms with van der Waals surface area (Å²) in [6.07, 6.45) is 0. The maximum atomic E-state index is 13.1. The maximum absolute atomic E-state index is 13.1. The minimum absolute atomic E-state index is 0.0153. The second-order valence-electron chi connectivity index (χ2n) is 8.57. The molecule has 8 nitrogen and oxygen atoms in total. The molecule has 1 unspecified atom stereocenters. The van der Waals surface area contributed by atoms with Crippen LogP contribution in [0.2, 0.25) is 0 Å². The fraction of sp³-hybridized carbons (Fsp3) is 0.269. The third kappa shape index (κ3) is 5.26. The highest BCUT2D eigenvalue weighted by Crippen LogP contribution is 2.27. The van der Waals surface area contributed by atoms with E-state index in [9.17, 15) is 18.3 Å². The van der Waals surface area contributed by atoms with Gasteiger partial charge in [0.25, 0.3) is 0 Å². The molecule has 0 spiro atoms. The average Bonchev–Trinajstić information content (AvgIpc) is 2.89. The highest BCUT2D eigenvalue weighted by atomic mass is 32.2. The Balaban J connectivity index is 1.44. The third-order valence-corrected chi connectivity index (χ3v) is 7.92. The molecule has 1 atom stereocenters. The van der Waals surface area contributed by atoms with Crippen molar-refractivity contribution in [2.75, 3.05) is 43.1 Å². The minimum Gasteiger partial charge on any atom is -0.497 e. The highest BCUT2D eigenvalue weighted by Gasteiger charge is 2.39. The summed E-state index contributed by atoms with van der Waals surface area (Å²) in [5, 5.41) is 9.80. The second kappa shape index (κ2) is 9.97. The Hall–Kier alpha value is -3.56. The number of carboxylic acid groups (broad SMARTS) is 1. The molecule has 1 aliphatic heterocycles. The normalized spacial score (nSPS) is 15.9. The van der Waals surface area contributed by atoms with Crippen molar-refractivity contribution in [2.45, 2.75) is 17.4 Å². The zero-order valence-corrected chi connectivity index (χ0v) is 20.5. The molecule has 1 aliphatic rings. The second-order valence-corrected chi connectivity index (χ2v) is 10.3. The highest BCUT2D eigenvalue weighted by molar-refractivity contribution is 7.89. The molecule has 3 aromatic carbocycles. The predicted molar refractivity (Wildman–Crippen MR) is 136 cm³/mol. The number of carboxylic acids is 1. The Morgan fingerprint density at radius 3 is 1.80 bits per heavy atom. The van der Waals surface area contributed by atoms with E-state index < -0.39 is 21.5 Å². The van der Waals surface area contributed by atoms with Gasteiger partial charge in [-0.05, 0) is 61.0 Å². The van der Waals surface area contributed by atoms with Gasteiger partial charge in [0.1, 0.15) is 5.75 Å². The lowest BCUT2D eigenvalue weighted by Crippen LogP contribution is -2.49. The molecule has 0 saturated carbocycles. The molecule has 0 bridgehead atoms. The van der Waals surface area contributed by atoms with Crippen LogP contribution in [0, 0.1) is 0 Å². The first-order chi connectivity index (χ1) is 16.7. The molecule has 0 radical (unpaired) electrons. The Morgan fingerprint density at radius 2 is 1.34 bits per heavy atom. The van der Waals surface area contributed by atoms with Gasteiger partial charge < -0.3 is 19.6 Å². The number of aliphatic carboxylic acids is 1. The Labute approximate surface area is 205 Å². The van der Waals surface area contributed by atoms with Crippen LogP contribution in [0.4, 0.5) is 11.4 Å². The molecule has 35 heavy (non-hydrogen) atoms. The molecule has 3 aromatic rings. The quantitative estimate of drug-likeness (QED) is 0.495. The van der Waals surface area contributed by atoms with Crippen LogP contribution in [-0.2, 0) is 20.4 Å². The van der Waals surface area contributed by atoms with E-state index in [1.54, 1.807) is 49.6 Å². The number of methoxy groups -OCH3 is 1. The summed E-state index contributed by atoms with van der Waals surface area (Å²) in [6, 6.07) is 22.8. The number of piperazine rings is 1. The van der Waals surface area contributed by atoms with Gasteiger partial charge in [0, 0.05) is 37.6 Å². The van der Waals surface area contributed by atoms with E-state index in [2.05, 4.69) is 14.5 Å². The molecular weight excluding hydrogens is 466 g/mol. The fourth-order valence-electron chi connectivity index (χ4n) is 4.18. The van der Waals surface area contributed by atoms with Crippen molar-refractivity contribution in [3.05, 3.63) is 84.4 Å². The van der Waals surface area contributed by atoms with Gasteiger partial charge in [0.2, 0.25) is 10.0 Å². The summed E-state index contributed by atoms with van der Waals surface area (Å²) in [4.78, 5) is 16.5. The number of ether oxygens (including phenoxy) is 1. The van der Waals surface area contributed by atoms with Crippen LogP contribution in [0.15, 0.2) is 83.8 Å². The molecule has 1 fully saturated rings. The number of nitrogens with one attached hydrogen (secondary N) is 1. The monoisotopic (exact) mass is 495 g/mol. The molecule has 2 N–H and O–H groups in total. The molecule has 0 amide bonds. The predicted octanol–water partition coefficient (Wildman–Crippen LogP) is 3.30. The van der Waals surface area contributed by atoms with Crippen LogP contribution in [0.5, 0.6) is 5.75 Å². The molecule has 184 valence electrons. The van der Waals surface area contributed by atoms with E-state index in [0.29, 0.717) is 5.56 Å². The van der Waals surface area contributed by atoms with Gasteiger partial charge >= 0.3 is 5.97 Å². The third-order valence-electron chi connectivity index (χ3n) is 6.35. The van der Waals surface area contributed by atoms with E-state index in [1.165, 1.54) is 19.1 Å². The molecule has 1 saturated heterocycles. The van der Waals surface area contributed by atoms with Crippen molar-refractivity contribution in [3.63, 3.8) is 0 Å². The van der Waals surface area contributed by atoms with Crippen LogP contribution in [0.3, 0.4) is 0 Å². The van der Waals surface area contributed by atoms with E-state index in [0.717, 1.165) is 43.3 Å². The molecule has 0 aliphatic carbocycles. The van der Waals surface area contributed by atoms with E-state index >= 15 is 0 Å². The van der Waals surface area contributed by atoms with Crippen LogP contribution < -0.4 is 19.3 Å². The number of hydrogen-bond donors (Lipinski definition) is 2. The first-order valence-corrected chi connectivity index (χ1v) is 12.8. The van der Waals surface area contributed by atoms with Crippen molar-refractivity contribution in [2.24, 2.45) is 0 Å². The number of carbonyl (C=O) groups is 1. The van der Waals surface area contributed by atoms with Crippen LogP contribution >= 0.6 is 0 Å². The number of rotatable bonds is 8. The topological polar surface area (TPSA) is 99.2 Å². The summed E-state index contributed by atoms with van der Waals surface area (Å²) in [5.74, 6) is -0.456. The van der Waals surface area contributed by atoms with Crippen LogP contribution in [-0.4, -0.2) is 52.8 Å². The van der Waals surface area contributed by atoms with Crippen LogP contribution in [0.25, 0.3) is 0 Å². The van der Waals surface area contributed by atoms with Crippen molar-refractivity contribution < 1.29 is 23.1 Å². The fourth-order valence-corrected chi connectivity index (χ4v) is 5.53. The lowest BCUT2D eigenvalue weighted by molar-refractivity contribution is -0.143. The number of nitrogens with zero attached hydrogens (tertiary/aromatic N) is 2. The van der Waals surface area contributed by atoms with Gasteiger partial charge in [0.05, 0.1) is 12.0 Å². The first-order valence-electron chi connectivity index (χ1n) is 11.3. The summed E-state index contributed by atoms with van der Waals surface area (Å²) < 4.78 is 33.7. The van der Waals surface area contributed by atoms with E-state index in [1.807, 2.05) is 24.3 Å². The van der Waals surface area contributed by atoms with E-state index in [-0.39, 0.29) is 4.90 Å². The zero-order valence-electron chi connectivity index (χ0n) is 19.7. The molecule has 1 heterocycles. The van der Waals surface area contributed by atoms with Crippen molar-refractivity contribution in [3.8, 4) is 5.75 Å². The molecule has 0 aromatic heterocycles. The number of benzene rings is 3. The number of hydrogen-bond acceptors (Lipinski definition) is 6. The van der Waals surface area contributed by atoms with Gasteiger partial charge in [-0.15, -0.1) is 0 Å². The average molecular weight is 496 g/mol. The Kier molecular flexibility index (Phi) is 7.00. The van der Waals surface area contributed by atoms with Gasteiger partial charge in [-0.2, -0.15) is 4.72 Å². The maximum Gasteiger partial charge on any atom is 0.329 e. The Bertz CT molecular complexity index is 1260. The standard InChI is InChI=1S/C26H29N3O5S/c1-26(25(30)31,20-6-4-3-5-7-20)27-35(32,33)24-14-10-22(11-15-24)29-18-16-28(17-19-29)21-8-12-23(34-2)13-9-21/h3-15,27H,16-19H2,1-2H3,(H,30,31). The molecule has 4 rings (SSSR count). The Morgan fingerprint density at radius 1 is 0.857 bits per heavy atom. The number of sulfonamides is 1. The lowest BCUT2D eigenvalue weighted by atomic mass is 9.94. The summed E-state index contributed by atoms with van der Waals surface area (Å²) in [7, 11) is -2.43. The molecule has 9 heteroatoms.